The van der Waals surface area contributed by atoms with E-state index in [0.29, 0.717) is 22.7 Å². The Hall–Kier alpha value is -3.89. The van der Waals surface area contributed by atoms with Crippen LogP contribution in [-0.2, 0) is 23.8 Å². The monoisotopic (exact) mass is 616 g/mol. The second-order valence-electron chi connectivity index (χ2n) is 13.7. The van der Waals surface area contributed by atoms with Crippen LogP contribution in [0.1, 0.15) is 65.6 Å². The lowest BCUT2D eigenvalue weighted by molar-refractivity contribution is -0.137. The van der Waals surface area contributed by atoms with Crippen LogP contribution in [-0.4, -0.2) is 109 Å². The van der Waals surface area contributed by atoms with Crippen molar-refractivity contribution >= 4 is 34.3 Å². The van der Waals surface area contributed by atoms with E-state index < -0.39 is 0 Å². The van der Waals surface area contributed by atoms with E-state index in [1.54, 1.807) is 14.1 Å². The molecule has 3 aromatic rings. The number of nitrogens with zero attached hydrogens (tertiary/aromatic N) is 5. The lowest BCUT2D eigenvalue weighted by Gasteiger charge is -2.37. The van der Waals surface area contributed by atoms with Gasteiger partial charge in [0.05, 0.1) is 29.9 Å². The third-order valence-corrected chi connectivity index (χ3v) is 9.30. The summed E-state index contributed by atoms with van der Waals surface area (Å²) in [7, 11) is 8.88. The number of piperazine rings is 1. The predicted molar refractivity (Wildman–Crippen MR) is 178 cm³/mol. The molecule has 1 N–H and O–H groups in total. The van der Waals surface area contributed by atoms with Crippen molar-refractivity contribution in [2.45, 2.75) is 51.6 Å². The van der Waals surface area contributed by atoms with Crippen LogP contribution in [0.3, 0.4) is 0 Å². The number of likely N-dealkylation sites (N-methyl/N-ethyl adjacent to an activating group) is 1. The molecule has 0 saturated carbocycles. The number of aryl methyl sites for hydroxylation is 1. The van der Waals surface area contributed by atoms with Gasteiger partial charge in [-0.25, -0.2) is 0 Å². The summed E-state index contributed by atoms with van der Waals surface area (Å²) in [6.45, 7) is 11.0. The molecular formula is C35H48N6O4. The van der Waals surface area contributed by atoms with Gasteiger partial charge in [0.15, 0.2) is 5.75 Å². The number of anilines is 1. The highest BCUT2D eigenvalue weighted by atomic mass is 16.5. The Morgan fingerprint density at radius 2 is 1.71 bits per heavy atom. The van der Waals surface area contributed by atoms with E-state index in [-0.39, 0.29) is 29.2 Å². The van der Waals surface area contributed by atoms with Crippen molar-refractivity contribution in [1.29, 1.82) is 0 Å². The van der Waals surface area contributed by atoms with Gasteiger partial charge in [0.1, 0.15) is 5.69 Å². The molecule has 0 spiro atoms. The second-order valence-corrected chi connectivity index (χ2v) is 13.7. The first-order chi connectivity index (χ1) is 21.3. The number of carbonyl (C=O) groups is 3. The number of amides is 3. The van der Waals surface area contributed by atoms with Crippen LogP contribution in [0.25, 0.3) is 10.9 Å². The number of likely N-dealkylation sites (tertiary alicyclic amines) is 1. The molecule has 242 valence electrons. The summed E-state index contributed by atoms with van der Waals surface area (Å²) in [4.78, 5) is 48.1. The van der Waals surface area contributed by atoms with Crippen LogP contribution in [0.4, 0.5) is 5.69 Å². The first-order valence-electron chi connectivity index (χ1n) is 15.8. The van der Waals surface area contributed by atoms with Crippen molar-refractivity contribution in [1.82, 2.24) is 24.2 Å². The van der Waals surface area contributed by atoms with Crippen molar-refractivity contribution in [2.75, 3.05) is 66.3 Å². The minimum Gasteiger partial charge on any atom is -0.494 e. The van der Waals surface area contributed by atoms with Crippen molar-refractivity contribution < 1.29 is 19.1 Å². The maximum Gasteiger partial charge on any atom is 0.272 e. The number of nitrogens with one attached hydrogen (secondary N) is 1. The number of ether oxygens (including phenoxy) is 1. The number of methoxy groups -OCH3 is 1. The summed E-state index contributed by atoms with van der Waals surface area (Å²) >= 11 is 0. The topological polar surface area (TPSA) is 90.4 Å². The zero-order valence-corrected chi connectivity index (χ0v) is 28.1. The smallest absolute Gasteiger partial charge is 0.272 e. The number of para-hydroxylation sites is 1. The maximum atomic E-state index is 13.8. The highest BCUT2D eigenvalue weighted by Crippen LogP contribution is 2.36. The van der Waals surface area contributed by atoms with Gasteiger partial charge in [0, 0.05) is 59.3 Å². The predicted octanol–water partition coefficient (Wildman–Crippen LogP) is 4.18. The highest BCUT2D eigenvalue weighted by molar-refractivity contribution is 6.09. The van der Waals surface area contributed by atoms with E-state index >= 15 is 0 Å². The lowest BCUT2D eigenvalue weighted by Crippen LogP contribution is -2.52. The number of aromatic nitrogens is 1. The van der Waals surface area contributed by atoms with Crippen molar-refractivity contribution in [3.05, 3.63) is 58.8 Å². The number of carbonyl (C=O) groups excluding carboxylic acids is 3. The SMILES string of the molecule is COc1c(NC(=O)c2cc3cccc(CN4CCN(C(=O)[C@@H]5CCCN5C)CC4)c3n2C)cc(C(C)(C)C)cc1C(=O)N(C)C. The quantitative estimate of drug-likeness (QED) is 0.429. The third-order valence-electron chi connectivity index (χ3n) is 9.30. The second kappa shape index (κ2) is 12.8. The molecule has 2 fully saturated rings. The number of hydrogen-bond acceptors (Lipinski definition) is 6. The van der Waals surface area contributed by atoms with Crippen LogP contribution in [0.15, 0.2) is 36.4 Å². The molecule has 0 bridgehead atoms. The summed E-state index contributed by atoms with van der Waals surface area (Å²) in [5.41, 5.74) is 4.18. The molecule has 1 aromatic heterocycles. The Morgan fingerprint density at radius 1 is 1.00 bits per heavy atom. The van der Waals surface area contributed by atoms with Crippen molar-refractivity contribution in [2.24, 2.45) is 7.05 Å². The summed E-state index contributed by atoms with van der Waals surface area (Å²) in [6.07, 6.45) is 2.03. The number of rotatable bonds is 7. The van der Waals surface area contributed by atoms with Gasteiger partial charge in [-0.05, 0) is 61.2 Å². The molecule has 3 amide bonds. The van der Waals surface area contributed by atoms with Gasteiger partial charge in [-0.2, -0.15) is 0 Å². The minimum atomic E-state index is -0.281. The Morgan fingerprint density at radius 3 is 2.31 bits per heavy atom. The molecule has 3 heterocycles. The first kappa shape index (κ1) is 32.5. The fourth-order valence-corrected chi connectivity index (χ4v) is 6.61. The van der Waals surface area contributed by atoms with Gasteiger partial charge in [0.2, 0.25) is 5.91 Å². The molecule has 0 aliphatic carbocycles. The standard InChI is InChI=1S/C35H48N6O4/c1-35(2,3)25-20-26(33(43)37(4)5)31(45-8)27(21-25)36-32(42)29-19-23-11-9-12-24(30(23)39(29)7)22-40-15-17-41(18-16-40)34(44)28-13-10-14-38(28)6/h9,11-12,19-21,28H,10,13-18,22H2,1-8H3,(H,36,42)/t28-/m0/s1. The van der Waals surface area contributed by atoms with Crippen molar-refractivity contribution in [3.63, 3.8) is 0 Å². The third kappa shape index (κ3) is 6.58. The lowest BCUT2D eigenvalue weighted by atomic mass is 9.85. The average Bonchev–Trinajstić information content (AvgIpc) is 3.59. The highest BCUT2D eigenvalue weighted by Gasteiger charge is 2.33. The molecule has 1 atom stereocenters. The average molecular weight is 617 g/mol. The summed E-state index contributed by atoms with van der Waals surface area (Å²) < 4.78 is 7.65. The fraction of sp³-hybridized carbons (Fsp3) is 0.514. The van der Waals surface area contributed by atoms with E-state index in [1.807, 2.05) is 53.9 Å². The van der Waals surface area contributed by atoms with E-state index in [0.717, 1.165) is 74.1 Å². The summed E-state index contributed by atoms with van der Waals surface area (Å²) in [5, 5.41) is 4.05. The molecule has 5 rings (SSSR count). The molecule has 10 nitrogen and oxygen atoms in total. The number of hydrogen-bond donors (Lipinski definition) is 1. The fourth-order valence-electron chi connectivity index (χ4n) is 6.61. The van der Waals surface area contributed by atoms with Gasteiger partial charge in [-0.3, -0.25) is 24.2 Å². The van der Waals surface area contributed by atoms with Crippen LogP contribution in [0, 0.1) is 0 Å². The Bertz CT molecular complexity index is 1600. The van der Waals surface area contributed by atoms with Gasteiger partial charge in [-0.1, -0.05) is 39.0 Å². The van der Waals surface area contributed by atoms with Crippen LogP contribution in [0.2, 0.25) is 0 Å². The largest absolute Gasteiger partial charge is 0.494 e. The van der Waals surface area contributed by atoms with E-state index in [2.05, 4.69) is 42.0 Å². The number of fused-ring (bicyclic) bond motifs is 1. The molecule has 45 heavy (non-hydrogen) atoms. The van der Waals surface area contributed by atoms with Gasteiger partial charge in [0.25, 0.3) is 11.8 Å². The van der Waals surface area contributed by atoms with Crippen molar-refractivity contribution in [3.8, 4) is 5.75 Å². The van der Waals surface area contributed by atoms with Crippen LogP contribution >= 0.6 is 0 Å². The van der Waals surface area contributed by atoms with Crippen LogP contribution < -0.4 is 10.1 Å². The molecule has 2 aliphatic rings. The maximum absolute atomic E-state index is 13.8. The zero-order valence-electron chi connectivity index (χ0n) is 28.1. The van der Waals surface area contributed by atoms with E-state index in [9.17, 15) is 14.4 Å². The molecule has 2 aromatic carbocycles. The van der Waals surface area contributed by atoms with Gasteiger partial charge >= 0.3 is 0 Å². The Labute approximate surface area is 266 Å². The minimum absolute atomic E-state index is 0.0224. The molecule has 10 heteroatoms. The molecular weight excluding hydrogens is 568 g/mol. The zero-order chi connectivity index (χ0) is 32.6. The molecule has 0 unspecified atom stereocenters. The number of benzene rings is 2. The molecule has 0 radical (unpaired) electrons. The van der Waals surface area contributed by atoms with E-state index in [1.165, 1.54) is 12.0 Å². The molecule has 2 saturated heterocycles. The van der Waals surface area contributed by atoms with Crippen LogP contribution in [0.5, 0.6) is 5.75 Å². The van der Waals surface area contributed by atoms with Gasteiger partial charge in [-0.15, -0.1) is 0 Å². The normalized spacial score (nSPS) is 18.0. The van der Waals surface area contributed by atoms with E-state index in [4.69, 9.17) is 4.74 Å². The molecule has 2 aliphatic heterocycles. The summed E-state index contributed by atoms with van der Waals surface area (Å²) in [5.74, 6) is 0.124. The first-order valence-corrected chi connectivity index (χ1v) is 15.8. The van der Waals surface area contributed by atoms with Gasteiger partial charge < -0.3 is 24.4 Å². The Kier molecular flexibility index (Phi) is 9.28. The summed E-state index contributed by atoms with van der Waals surface area (Å²) in [6, 6.07) is 11.9. The Balaban J connectivity index is 1.37.